The van der Waals surface area contributed by atoms with Crippen LogP contribution < -0.4 is 11.5 Å². The molecule has 0 radical (unpaired) electrons. The maximum atomic E-state index is 4.66. The Morgan fingerprint density at radius 2 is 1.00 bits per heavy atom. The van der Waals surface area contributed by atoms with Gasteiger partial charge in [-0.1, -0.05) is 8.64 Å². The molecule has 0 aliphatic carbocycles. The molecule has 0 saturated heterocycles. The van der Waals surface area contributed by atoms with Crippen LogP contribution in [0.2, 0.25) is 0 Å². The average molecular weight is 276 g/mol. The standard InChI is InChI=1S/2CH3NS2.Zr/c2*2-1(3)4;/h2*(H3,2,3,4);/q;;+2/p-2. The van der Waals surface area contributed by atoms with Crippen molar-refractivity contribution in [3.05, 3.63) is 0 Å². The summed E-state index contributed by atoms with van der Waals surface area (Å²) < 4.78 is 0.167. The summed E-state index contributed by atoms with van der Waals surface area (Å²) in [5, 5.41) is 0. The summed E-state index contributed by atoms with van der Waals surface area (Å²) in [4.78, 5) is 0. The molecule has 4 N–H and O–H groups in total. The van der Waals surface area contributed by atoms with Gasteiger partial charge in [0, 0.05) is 0 Å². The predicted octanol–water partition coefficient (Wildman–Crippen LogP) is -0.449. The largest absolute Gasteiger partial charge is 2.00 e. The van der Waals surface area contributed by atoms with Crippen LogP contribution in [0.25, 0.3) is 0 Å². The Balaban J connectivity index is -0.0000000720. The van der Waals surface area contributed by atoms with Crippen LogP contribution in [0, 0.1) is 0 Å². The van der Waals surface area contributed by atoms with Gasteiger partial charge in [0.25, 0.3) is 0 Å². The molecule has 2 nitrogen and oxygen atoms in total. The Morgan fingerprint density at radius 1 is 1.00 bits per heavy atom. The molecule has 9 heavy (non-hydrogen) atoms. The van der Waals surface area contributed by atoms with Gasteiger partial charge in [-0.25, -0.2) is 0 Å². The molecule has 50 valence electrons. The van der Waals surface area contributed by atoms with Crippen molar-refractivity contribution in [2.24, 2.45) is 11.5 Å². The van der Waals surface area contributed by atoms with Gasteiger partial charge in [0.05, 0.1) is 0 Å². The summed E-state index contributed by atoms with van der Waals surface area (Å²) >= 11 is 16.5. The first-order valence-corrected chi connectivity index (χ1v) is 3.03. The molecule has 0 atom stereocenters. The molecule has 0 saturated carbocycles. The minimum Gasteiger partial charge on any atom is -0.415 e. The molecule has 0 amide bonds. The van der Waals surface area contributed by atoms with Crippen LogP contribution in [0.1, 0.15) is 0 Å². The second-order valence-electron chi connectivity index (χ2n) is 0.638. The molecule has 0 fully saturated rings. The fourth-order valence-corrected chi connectivity index (χ4v) is 0. The zero-order valence-corrected chi connectivity index (χ0v) is 10.0. The Labute approximate surface area is 95.1 Å². The average Bonchev–Trinajstić information content (AvgIpc) is 1.25. The first-order valence-electron chi connectivity index (χ1n) is 1.39. The SMILES string of the molecule is NC(=S)[S-].NC(=S)[S-].[Zr+2]. The third-order valence-corrected chi connectivity index (χ3v) is 0. The molecule has 0 aliphatic heterocycles. The van der Waals surface area contributed by atoms with E-state index in [1.807, 2.05) is 0 Å². The van der Waals surface area contributed by atoms with Gasteiger partial charge in [-0.05, 0) is 0 Å². The van der Waals surface area contributed by atoms with Crippen LogP contribution in [-0.4, -0.2) is 8.64 Å². The fourth-order valence-electron chi connectivity index (χ4n) is 0. The molecule has 0 unspecified atom stereocenters. The van der Waals surface area contributed by atoms with Crippen molar-refractivity contribution in [2.45, 2.75) is 0 Å². The Morgan fingerprint density at radius 3 is 1.00 bits per heavy atom. The zero-order valence-electron chi connectivity index (χ0n) is 4.29. The number of hydrogen-bond acceptors (Lipinski definition) is 4. The minimum absolute atomic E-state index is 0. The molecule has 7 heteroatoms. The quantitative estimate of drug-likeness (QED) is 0.461. The van der Waals surface area contributed by atoms with Crippen molar-refractivity contribution in [3.8, 4) is 0 Å². The molecule has 0 heterocycles. The fraction of sp³-hybridized carbons (Fsp3) is 0. The van der Waals surface area contributed by atoms with Crippen molar-refractivity contribution >= 4 is 58.3 Å². The van der Waals surface area contributed by atoms with E-state index in [1.165, 1.54) is 0 Å². The summed E-state index contributed by atoms with van der Waals surface area (Å²) in [6.45, 7) is 0. The van der Waals surface area contributed by atoms with Gasteiger partial charge in [-0.2, -0.15) is 0 Å². The third kappa shape index (κ3) is 377. The van der Waals surface area contributed by atoms with Gasteiger partial charge in [-0.15, -0.1) is 0 Å². The van der Waals surface area contributed by atoms with Gasteiger partial charge < -0.3 is 61.2 Å². The van der Waals surface area contributed by atoms with Crippen LogP contribution in [0.15, 0.2) is 0 Å². The Hall–Kier alpha value is 1.10. The van der Waals surface area contributed by atoms with Crippen molar-refractivity contribution in [1.29, 1.82) is 0 Å². The van der Waals surface area contributed by atoms with Crippen molar-refractivity contribution < 1.29 is 26.2 Å². The minimum atomic E-state index is 0. The monoisotopic (exact) mass is 274 g/mol. The van der Waals surface area contributed by atoms with E-state index in [0.717, 1.165) is 0 Å². The summed E-state index contributed by atoms with van der Waals surface area (Å²) in [5.41, 5.74) is 9.31. The van der Waals surface area contributed by atoms with Crippen molar-refractivity contribution in [2.75, 3.05) is 0 Å². The molecule has 0 rings (SSSR count). The van der Waals surface area contributed by atoms with Crippen molar-refractivity contribution in [3.63, 3.8) is 0 Å². The Kier molecular flexibility index (Phi) is 21.8. The normalized spacial score (nSPS) is 5.33. The number of thiocarbonyl (C=S) groups is 2. The molecule has 0 spiro atoms. The number of rotatable bonds is 0. The van der Waals surface area contributed by atoms with Gasteiger partial charge in [0.2, 0.25) is 0 Å². The van der Waals surface area contributed by atoms with E-state index in [2.05, 4.69) is 61.2 Å². The molecule has 0 aromatic rings. The summed E-state index contributed by atoms with van der Waals surface area (Å²) in [5.74, 6) is 0. The van der Waals surface area contributed by atoms with Crippen LogP contribution in [-0.2, 0) is 51.5 Å². The molecule has 0 aromatic heterocycles. The summed E-state index contributed by atoms with van der Waals surface area (Å²) in [6.07, 6.45) is 0. The van der Waals surface area contributed by atoms with E-state index < -0.39 is 0 Å². The van der Waals surface area contributed by atoms with Crippen LogP contribution in [0.4, 0.5) is 0 Å². The van der Waals surface area contributed by atoms with Crippen LogP contribution in [0.5, 0.6) is 0 Å². The van der Waals surface area contributed by atoms with E-state index >= 15 is 0 Å². The second kappa shape index (κ2) is 11.8. The molecule has 0 bridgehead atoms. The smallest absolute Gasteiger partial charge is 0.415 e. The predicted molar refractivity (Wildman–Crippen MR) is 48.3 cm³/mol. The van der Waals surface area contributed by atoms with Gasteiger partial charge in [0.15, 0.2) is 0 Å². The third-order valence-electron chi connectivity index (χ3n) is 0. The van der Waals surface area contributed by atoms with Crippen molar-refractivity contribution in [1.82, 2.24) is 0 Å². The topological polar surface area (TPSA) is 52.0 Å². The van der Waals surface area contributed by atoms with Crippen LogP contribution in [0.3, 0.4) is 0 Å². The van der Waals surface area contributed by atoms with E-state index in [0.29, 0.717) is 0 Å². The van der Waals surface area contributed by atoms with Gasteiger partial charge in [-0.3, -0.25) is 0 Å². The summed E-state index contributed by atoms with van der Waals surface area (Å²) in [7, 11) is 0. The van der Waals surface area contributed by atoms with E-state index in [9.17, 15) is 0 Å². The molecular weight excluding hydrogens is 272 g/mol. The number of hydrogen-bond donors (Lipinski definition) is 2. The zero-order chi connectivity index (χ0) is 7.15. The first kappa shape index (κ1) is 16.6. The van der Waals surface area contributed by atoms with Crippen LogP contribution >= 0.6 is 24.4 Å². The van der Waals surface area contributed by atoms with Gasteiger partial charge in [0.1, 0.15) is 0 Å². The van der Waals surface area contributed by atoms with E-state index in [-0.39, 0.29) is 34.8 Å². The maximum absolute atomic E-state index is 4.66. The summed E-state index contributed by atoms with van der Waals surface area (Å²) in [6, 6.07) is 0. The molecule has 0 aromatic carbocycles. The molecular formula is C2H4N2S4Zr. The number of nitrogens with two attached hydrogens (primary N) is 2. The Bertz CT molecular complexity index is 74.6. The molecule has 0 aliphatic rings. The first-order chi connectivity index (χ1) is 3.46. The maximum Gasteiger partial charge on any atom is 2.00 e. The van der Waals surface area contributed by atoms with Gasteiger partial charge >= 0.3 is 26.2 Å². The van der Waals surface area contributed by atoms with E-state index in [1.54, 1.807) is 0 Å². The second-order valence-corrected chi connectivity index (χ2v) is 2.91. The van der Waals surface area contributed by atoms with E-state index in [4.69, 9.17) is 0 Å².